The van der Waals surface area contributed by atoms with Gasteiger partial charge in [-0.3, -0.25) is 0 Å². The Balaban J connectivity index is 2.09. The quantitative estimate of drug-likeness (QED) is 0.733. The molecule has 0 spiro atoms. The van der Waals surface area contributed by atoms with Crippen LogP contribution in [-0.4, -0.2) is 57.4 Å². The monoisotopic (exact) mass is 276 g/mol. The number of nitrogens with one attached hydrogen (secondary N) is 1. The van der Waals surface area contributed by atoms with Crippen molar-refractivity contribution in [1.82, 2.24) is 9.62 Å². The Labute approximate surface area is 110 Å². The minimum absolute atomic E-state index is 0.192. The van der Waals surface area contributed by atoms with Crippen LogP contribution in [0.3, 0.4) is 0 Å². The van der Waals surface area contributed by atoms with Gasteiger partial charge in [0.2, 0.25) is 10.0 Å². The minimum Gasteiger partial charge on any atom is -0.385 e. The van der Waals surface area contributed by atoms with Crippen LogP contribution in [-0.2, 0) is 14.8 Å². The largest absolute Gasteiger partial charge is 0.385 e. The van der Waals surface area contributed by atoms with Crippen molar-refractivity contribution in [2.24, 2.45) is 11.8 Å². The fraction of sp³-hybridized carbons (Fsp3) is 1.00. The Morgan fingerprint density at radius 1 is 1.39 bits per heavy atom. The highest BCUT2D eigenvalue weighted by atomic mass is 32.2. The molecule has 6 heteroatoms. The van der Waals surface area contributed by atoms with Crippen LogP contribution >= 0.6 is 0 Å². The lowest BCUT2D eigenvalue weighted by atomic mass is 9.85. The Kier molecular flexibility index (Phi) is 4.02. The molecule has 0 aromatic heterocycles. The van der Waals surface area contributed by atoms with Crippen molar-refractivity contribution in [2.45, 2.75) is 25.8 Å². The van der Waals surface area contributed by atoms with E-state index in [4.69, 9.17) is 4.74 Å². The highest BCUT2D eigenvalue weighted by molar-refractivity contribution is 7.89. The molecule has 0 aromatic rings. The first-order chi connectivity index (χ1) is 8.39. The van der Waals surface area contributed by atoms with Crippen LogP contribution in [0, 0.1) is 11.8 Å². The van der Waals surface area contributed by atoms with E-state index in [1.165, 1.54) is 0 Å². The Hall–Kier alpha value is -0.170. The van der Waals surface area contributed by atoms with Crippen molar-refractivity contribution < 1.29 is 13.2 Å². The molecule has 2 saturated heterocycles. The molecule has 2 aliphatic heterocycles. The topological polar surface area (TPSA) is 58.6 Å². The number of nitrogens with zero attached hydrogens (tertiary/aromatic N) is 1. The summed E-state index contributed by atoms with van der Waals surface area (Å²) < 4.78 is 31.5. The lowest BCUT2D eigenvalue weighted by Crippen LogP contribution is -2.48. The molecule has 2 fully saturated rings. The van der Waals surface area contributed by atoms with Crippen LogP contribution in [0.2, 0.25) is 0 Å². The van der Waals surface area contributed by atoms with Gasteiger partial charge in [0, 0.05) is 32.3 Å². The van der Waals surface area contributed by atoms with E-state index >= 15 is 0 Å². The van der Waals surface area contributed by atoms with E-state index in [1.54, 1.807) is 11.4 Å². The lowest BCUT2D eigenvalue weighted by molar-refractivity contribution is 0.197. The molecular formula is C12H24N2O3S. The SMILES string of the molecule is COCCCS(=O)(=O)N1CC2CNCC2C1(C)C. The van der Waals surface area contributed by atoms with Crippen molar-refractivity contribution in [2.75, 3.05) is 39.1 Å². The maximum Gasteiger partial charge on any atom is 0.214 e. The molecule has 2 heterocycles. The van der Waals surface area contributed by atoms with Crippen molar-refractivity contribution in [1.29, 1.82) is 0 Å². The summed E-state index contributed by atoms with van der Waals surface area (Å²) in [6.07, 6.45) is 0.568. The second kappa shape index (κ2) is 5.07. The highest BCUT2D eigenvalue weighted by Gasteiger charge is 2.53. The fourth-order valence-corrected chi connectivity index (χ4v) is 5.33. The van der Waals surface area contributed by atoms with Crippen molar-refractivity contribution in [3.05, 3.63) is 0 Å². The summed E-state index contributed by atoms with van der Waals surface area (Å²) in [5, 5.41) is 3.36. The molecule has 0 amide bonds. The predicted octanol–water partition coefficient (Wildman–Crippen LogP) is 0.283. The first-order valence-electron chi connectivity index (χ1n) is 6.60. The maximum atomic E-state index is 12.4. The first-order valence-corrected chi connectivity index (χ1v) is 8.20. The zero-order valence-corrected chi connectivity index (χ0v) is 12.3. The van der Waals surface area contributed by atoms with Crippen molar-refractivity contribution in [3.8, 4) is 0 Å². The van der Waals surface area contributed by atoms with Crippen LogP contribution < -0.4 is 5.32 Å². The van der Waals surface area contributed by atoms with E-state index in [2.05, 4.69) is 19.2 Å². The zero-order chi connectivity index (χ0) is 13.4. The van der Waals surface area contributed by atoms with E-state index in [0.29, 0.717) is 31.4 Å². The van der Waals surface area contributed by atoms with Crippen LogP contribution in [0.1, 0.15) is 20.3 Å². The Morgan fingerprint density at radius 3 is 2.72 bits per heavy atom. The standard InChI is InChI=1S/C12H24N2O3S/c1-12(2)11-8-13-7-10(11)9-14(12)18(15,16)6-4-5-17-3/h10-11,13H,4-9H2,1-3H3. The van der Waals surface area contributed by atoms with E-state index < -0.39 is 10.0 Å². The normalized spacial score (nSPS) is 31.7. The summed E-state index contributed by atoms with van der Waals surface area (Å²) in [6.45, 7) is 7.15. The number of ether oxygens (including phenoxy) is 1. The molecule has 0 aliphatic carbocycles. The maximum absolute atomic E-state index is 12.4. The van der Waals surface area contributed by atoms with Gasteiger partial charge in [-0.15, -0.1) is 0 Å². The summed E-state index contributed by atoms with van der Waals surface area (Å²) >= 11 is 0. The smallest absolute Gasteiger partial charge is 0.214 e. The number of methoxy groups -OCH3 is 1. The molecule has 106 valence electrons. The average molecular weight is 276 g/mol. The van der Waals surface area contributed by atoms with Gasteiger partial charge in [0.15, 0.2) is 0 Å². The molecule has 1 N–H and O–H groups in total. The molecule has 2 aliphatic rings. The molecule has 2 rings (SSSR count). The second-order valence-corrected chi connectivity index (χ2v) is 7.88. The molecule has 2 unspecified atom stereocenters. The molecule has 18 heavy (non-hydrogen) atoms. The minimum atomic E-state index is -3.16. The van der Waals surface area contributed by atoms with Gasteiger partial charge in [-0.2, -0.15) is 4.31 Å². The Bertz CT molecular complexity index is 394. The van der Waals surface area contributed by atoms with Gasteiger partial charge in [0.25, 0.3) is 0 Å². The third-order valence-electron chi connectivity index (χ3n) is 4.38. The summed E-state index contributed by atoms with van der Waals surface area (Å²) in [4.78, 5) is 0. The second-order valence-electron chi connectivity index (χ2n) is 5.87. The van der Waals surface area contributed by atoms with Gasteiger partial charge in [0.1, 0.15) is 0 Å². The van der Waals surface area contributed by atoms with Crippen LogP contribution in [0.15, 0.2) is 0 Å². The van der Waals surface area contributed by atoms with E-state index in [1.807, 2.05) is 0 Å². The summed E-state index contributed by atoms with van der Waals surface area (Å²) in [5.74, 6) is 1.10. The number of rotatable bonds is 5. The molecule has 2 atom stereocenters. The summed E-state index contributed by atoms with van der Waals surface area (Å²) in [7, 11) is -1.56. The predicted molar refractivity (Wildman–Crippen MR) is 70.9 cm³/mol. The molecular weight excluding hydrogens is 252 g/mol. The van der Waals surface area contributed by atoms with Gasteiger partial charge in [-0.25, -0.2) is 8.42 Å². The summed E-state index contributed by atoms with van der Waals surface area (Å²) in [5.41, 5.74) is -0.264. The van der Waals surface area contributed by atoms with Crippen molar-refractivity contribution >= 4 is 10.0 Å². The van der Waals surface area contributed by atoms with Gasteiger partial charge in [-0.05, 0) is 38.6 Å². The van der Waals surface area contributed by atoms with Gasteiger partial charge in [-0.1, -0.05) is 0 Å². The van der Waals surface area contributed by atoms with E-state index in [0.717, 1.165) is 13.1 Å². The first kappa shape index (κ1) is 14.2. The molecule has 0 saturated carbocycles. The van der Waals surface area contributed by atoms with Crippen LogP contribution in [0.25, 0.3) is 0 Å². The van der Waals surface area contributed by atoms with E-state index in [9.17, 15) is 8.42 Å². The fourth-order valence-electron chi connectivity index (χ4n) is 3.35. The lowest BCUT2D eigenvalue weighted by Gasteiger charge is -2.34. The van der Waals surface area contributed by atoms with Crippen molar-refractivity contribution in [3.63, 3.8) is 0 Å². The number of hydrogen-bond donors (Lipinski definition) is 1. The Morgan fingerprint density at radius 2 is 2.11 bits per heavy atom. The number of sulfonamides is 1. The van der Waals surface area contributed by atoms with Gasteiger partial charge >= 0.3 is 0 Å². The van der Waals surface area contributed by atoms with Gasteiger partial charge in [0.05, 0.1) is 5.75 Å². The van der Waals surface area contributed by atoms with E-state index in [-0.39, 0.29) is 11.3 Å². The van der Waals surface area contributed by atoms with Crippen LogP contribution in [0.4, 0.5) is 0 Å². The number of hydrogen-bond acceptors (Lipinski definition) is 4. The molecule has 5 nitrogen and oxygen atoms in total. The molecule has 0 radical (unpaired) electrons. The number of fused-ring (bicyclic) bond motifs is 1. The summed E-state index contributed by atoms with van der Waals surface area (Å²) in [6, 6.07) is 0. The zero-order valence-electron chi connectivity index (χ0n) is 11.5. The highest BCUT2D eigenvalue weighted by Crippen LogP contribution is 2.42. The third-order valence-corrected chi connectivity index (χ3v) is 6.47. The molecule has 0 aromatic carbocycles. The van der Waals surface area contributed by atoms with Gasteiger partial charge < -0.3 is 10.1 Å². The average Bonchev–Trinajstić information content (AvgIpc) is 2.82. The van der Waals surface area contributed by atoms with Crippen LogP contribution in [0.5, 0.6) is 0 Å². The third kappa shape index (κ3) is 2.43. The molecule has 0 bridgehead atoms.